The number of rotatable bonds is 4. The Balaban J connectivity index is 2.16. The molecule has 0 N–H and O–H groups in total. The number of carbonyl (C=O) groups is 2. The van der Waals surface area contributed by atoms with Crippen LogP contribution in [0.4, 0.5) is 0 Å². The van der Waals surface area contributed by atoms with Crippen molar-refractivity contribution in [1.29, 1.82) is 0 Å². The Morgan fingerprint density at radius 1 is 1.06 bits per heavy atom. The van der Waals surface area contributed by atoms with Gasteiger partial charge in [0.25, 0.3) is 0 Å². The fourth-order valence-corrected chi connectivity index (χ4v) is 1.85. The molecule has 4 heteroatoms. The van der Waals surface area contributed by atoms with Gasteiger partial charge in [0.05, 0.1) is 12.8 Å². The highest BCUT2D eigenvalue weighted by molar-refractivity contribution is 5.77. The zero-order valence-electron chi connectivity index (χ0n) is 11.0. The van der Waals surface area contributed by atoms with Gasteiger partial charge in [0, 0.05) is 0 Å². The summed E-state index contributed by atoms with van der Waals surface area (Å²) in [5.41, 5.74) is -0.494. The summed E-state index contributed by atoms with van der Waals surface area (Å²) in [6, 6.07) is 0. The highest BCUT2D eigenvalue weighted by Crippen LogP contribution is 2.21. The van der Waals surface area contributed by atoms with Crippen molar-refractivity contribution in [2.75, 3.05) is 0 Å². The van der Waals surface area contributed by atoms with Gasteiger partial charge in [0.15, 0.2) is 0 Å². The second kappa shape index (κ2) is 6.03. The van der Waals surface area contributed by atoms with Crippen LogP contribution in [0.3, 0.4) is 0 Å². The predicted molar refractivity (Wildman–Crippen MR) is 63.4 cm³/mol. The quantitative estimate of drug-likeness (QED) is 0.711. The molecule has 0 aromatic rings. The lowest BCUT2D eigenvalue weighted by Gasteiger charge is -2.19. The van der Waals surface area contributed by atoms with Crippen molar-refractivity contribution in [1.82, 2.24) is 0 Å². The summed E-state index contributed by atoms with van der Waals surface area (Å²) in [5, 5.41) is 0. The fourth-order valence-electron chi connectivity index (χ4n) is 1.85. The highest BCUT2D eigenvalue weighted by Gasteiger charge is 2.21. The van der Waals surface area contributed by atoms with Crippen LogP contribution in [-0.2, 0) is 19.1 Å². The van der Waals surface area contributed by atoms with Crippen LogP contribution in [0.15, 0.2) is 0 Å². The molecule has 17 heavy (non-hydrogen) atoms. The number of esters is 2. The largest absolute Gasteiger partial charge is 0.462 e. The van der Waals surface area contributed by atoms with Crippen LogP contribution in [0.5, 0.6) is 0 Å². The van der Waals surface area contributed by atoms with Crippen molar-refractivity contribution in [2.45, 2.75) is 71.0 Å². The molecule has 0 heterocycles. The Bertz CT molecular complexity index is 272. The third-order valence-corrected chi connectivity index (χ3v) is 2.55. The van der Waals surface area contributed by atoms with Gasteiger partial charge in [-0.25, -0.2) is 0 Å². The van der Waals surface area contributed by atoms with E-state index in [4.69, 9.17) is 9.47 Å². The van der Waals surface area contributed by atoms with Gasteiger partial charge < -0.3 is 9.47 Å². The van der Waals surface area contributed by atoms with E-state index in [1.54, 1.807) is 0 Å². The lowest BCUT2D eigenvalue weighted by atomic mass is 10.2. The van der Waals surface area contributed by atoms with E-state index in [1.165, 1.54) is 0 Å². The molecule has 1 aliphatic carbocycles. The van der Waals surface area contributed by atoms with Crippen LogP contribution < -0.4 is 0 Å². The van der Waals surface area contributed by atoms with Crippen LogP contribution >= 0.6 is 0 Å². The van der Waals surface area contributed by atoms with Gasteiger partial charge in [-0.2, -0.15) is 0 Å². The lowest BCUT2D eigenvalue weighted by molar-refractivity contribution is -0.159. The molecule has 1 rings (SSSR count). The first-order valence-electron chi connectivity index (χ1n) is 6.28. The summed E-state index contributed by atoms with van der Waals surface area (Å²) in [7, 11) is 0. The second-order valence-electron chi connectivity index (χ2n) is 5.48. The molecule has 0 radical (unpaired) electrons. The minimum atomic E-state index is -0.494. The smallest absolute Gasteiger partial charge is 0.306 e. The van der Waals surface area contributed by atoms with Crippen LogP contribution in [-0.4, -0.2) is 23.6 Å². The number of hydrogen-bond acceptors (Lipinski definition) is 4. The van der Waals surface area contributed by atoms with Crippen molar-refractivity contribution in [3.05, 3.63) is 0 Å². The average Bonchev–Trinajstić information content (AvgIpc) is 2.64. The van der Waals surface area contributed by atoms with E-state index < -0.39 is 5.60 Å². The first-order valence-corrected chi connectivity index (χ1v) is 6.28. The van der Waals surface area contributed by atoms with E-state index in [9.17, 15) is 9.59 Å². The summed E-state index contributed by atoms with van der Waals surface area (Å²) in [6.07, 6.45) is 4.46. The minimum Gasteiger partial charge on any atom is -0.462 e. The number of ether oxygens (including phenoxy) is 2. The van der Waals surface area contributed by atoms with Crippen molar-refractivity contribution in [2.24, 2.45) is 0 Å². The van der Waals surface area contributed by atoms with Crippen LogP contribution in [0.2, 0.25) is 0 Å². The van der Waals surface area contributed by atoms with E-state index in [-0.39, 0.29) is 30.9 Å². The van der Waals surface area contributed by atoms with E-state index in [2.05, 4.69) is 0 Å². The zero-order chi connectivity index (χ0) is 12.9. The summed E-state index contributed by atoms with van der Waals surface area (Å²) in [6.45, 7) is 5.42. The molecule has 0 aliphatic heterocycles. The predicted octanol–water partition coefficient (Wildman–Crippen LogP) is 2.59. The molecule has 0 saturated heterocycles. The SMILES string of the molecule is CC(C)(C)OC(=O)CCC(=O)OC1CCCC1. The Hall–Kier alpha value is -1.06. The molecular weight excluding hydrogens is 220 g/mol. The van der Waals surface area contributed by atoms with Crippen molar-refractivity contribution in [3.63, 3.8) is 0 Å². The van der Waals surface area contributed by atoms with Crippen LogP contribution in [0, 0.1) is 0 Å². The Morgan fingerprint density at radius 2 is 1.59 bits per heavy atom. The molecule has 1 aliphatic rings. The molecule has 0 bridgehead atoms. The standard InChI is InChI=1S/C13H22O4/c1-13(2,3)17-12(15)9-8-11(14)16-10-6-4-5-7-10/h10H,4-9H2,1-3H3. The van der Waals surface area contributed by atoms with Gasteiger partial charge in [-0.1, -0.05) is 0 Å². The van der Waals surface area contributed by atoms with Gasteiger partial charge in [0.2, 0.25) is 0 Å². The molecule has 1 fully saturated rings. The molecule has 4 nitrogen and oxygen atoms in total. The molecule has 0 spiro atoms. The summed E-state index contributed by atoms with van der Waals surface area (Å²) in [4.78, 5) is 22.8. The maximum atomic E-state index is 11.4. The van der Waals surface area contributed by atoms with Gasteiger partial charge >= 0.3 is 11.9 Å². The normalized spacial score (nSPS) is 16.9. The van der Waals surface area contributed by atoms with E-state index in [1.807, 2.05) is 20.8 Å². The van der Waals surface area contributed by atoms with E-state index in [0.717, 1.165) is 25.7 Å². The first-order chi connectivity index (χ1) is 7.87. The van der Waals surface area contributed by atoms with Crippen LogP contribution in [0.1, 0.15) is 59.3 Å². The van der Waals surface area contributed by atoms with Gasteiger partial charge in [-0.3, -0.25) is 9.59 Å². The molecule has 98 valence electrons. The van der Waals surface area contributed by atoms with E-state index in [0.29, 0.717) is 0 Å². The van der Waals surface area contributed by atoms with Crippen molar-refractivity contribution < 1.29 is 19.1 Å². The molecule has 1 saturated carbocycles. The van der Waals surface area contributed by atoms with Crippen molar-refractivity contribution >= 4 is 11.9 Å². The maximum Gasteiger partial charge on any atom is 0.306 e. The molecular formula is C13H22O4. The monoisotopic (exact) mass is 242 g/mol. The Kier molecular flexibility index (Phi) is 4.97. The molecule has 0 aromatic carbocycles. The summed E-state index contributed by atoms with van der Waals surface area (Å²) in [5.74, 6) is -0.636. The third-order valence-electron chi connectivity index (χ3n) is 2.55. The second-order valence-corrected chi connectivity index (χ2v) is 5.48. The first kappa shape index (κ1) is 14.0. The number of carbonyl (C=O) groups excluding carboxylic acids is 2. The van der Waals surface area contributed by atoms with E-state index >= 15 is 0 Å². The Morgan fingerprint density at radius 3 is 2.12 bits per heavy atom. The third kappa shape index (κ3) is 6.29. The topological polar surface area (TPSA) is 52.6 Å². The minimum absolute atomic E-state index is 0.0705. The number of hydrogen-bond donors (Lipinski definition) is 0. The zero-order valence-corrected chi connectivity index (χ0v) is 11.0. The van der Waals surface area contributed by atoms with Gasteiger partial charge in [0.1, 0.15) is 11.7 Å². The maximum absolute atomic E-state index is 11.4. The lowest BCUT2D eigenvalue weighted by Crippen LogP contribution is -2.24. The fraction of sp³-hybridized carbons (Fsp3) is 0.846. The summed E-state index contributed by atoms with van der Waals surface area (Å²) < 4.78 is 10.4. The highest BCUT2D eigenvalue weighted by atomic mass is 16.6. The van der Waals surface area contributed by atoms with Crippen molar-refractivity contribution in [3.8, 4) is 0 Å². The average molecular weight is 242 g/mol. The van der Waals surface area contributed by atoms with Gasteiger partial charge in [-0.05, 0) is 46.5 Å². The summed E-state index contributed by atoms with van der Waals surface area (Å²) >= 11 is 0. The molecule has 0 unspecified atom stereocenters. The van der Waals surface area contributed by atoms with Crippen LogP contribution in [0.25, 0.3) is 0 Å². The molecule has 0 aromatic heterocycles. The molecule has 0 amide bonds. The van der Waals surface area contributed by atoms with Gasteiger partial charge in [-0.15, -0.1) is 0 Å². The molecule has 0 atom stereocenters. The Labute approximate surface area is 103 Å².